The van der Waals surface area contributed by atoms with Crippen molar-refractivity contribution in [1.29, 1.82) is 0 Å². The van der Waals surface area contributed by atoms with E-state index in [2.05, 4.69) is 5.32 Å². The summed E-state index contributed by atoms with van der Waals surface area (Å²) in [6.07, 6.45) is 3.64. The summed E-state index contributed by atoms with van der Waals surface area (Å²) < 4.78 is 15.4. The Morgan fingerprint density at radius 3 is 2.48 bits per heavy atom. The van der Waals surface area contributed by atoms with Crippen molar-refractivity contribution in [1.82, 2.24) is 0 Å². The Morgan fingerprint density at radius 1 is 1.24 bits per heavy atom. The van der Waals surface area contributed by atoms with E-state index in [0.29, 0.717) is 0 Å². The zero-order valence-electron chi connectivity index (χ0n) is 12.4. The summed E-state index contributed by atoms with van der Waals surface area (Å²) in [6.45, 7) is 1.94. The van der Waals surface area contributed by atoms with Gasteiger partial charge in [-0.3, -0.25) is 4.79 Å². The Morgan fingerprint density at radius 2 is 1.90 bits per heavy atom. The van der Waals surface area contributed by atoms with Gasteiger partial charge in [0.15, 0.2) is 12.4 Å². The molecule has 0 saturated heterocycles. The molecule has 21 heavy (non-hydrogen) atoms. The SMILES string of the molecule is Cc1ccc(NC(=O)C[n+]2ccc(N(C)C)cc2)c(F)c1. The van der Waals surface area contributed by atoms with Crippen molar-refractivity contribution in [2.75, 3.05) is 24.3 Å². The standard InChI is InChI=1S/C16H18FN3O/c1-12-4-5-15(14(17)10-12)18-16(21)11-20-8-6-13(7-9-20)19(2)3/h4-10H,11H2,1-3H3/p+1. The monoisotopic (exact) mass is 288 g/mol. The Kier molecular flexibility index (Phi) is 4.52. The molecule has 1 N–H and O–H groups in total. The lowest BCUT2D eigenvalue weighted by Crippen LogP contribution is -2.39. The molecule has 1 amide bonds. The maximum Gasteiger partial charge on any atom is 0.290 e. The zero-order valence-corrected chi connectivity index (χ0v) is 12.4. The molecular weight excluding hydrogens is 269 g/mol. The summed E-state index contributed by atoms with van der Waals surface area (Å²) in [4.78, 5) is 13.9. The quantitative estimate of drug-likeness (QED) is 0.875. The number of nitrogens with one attached hydrogen (secondary N) is 1. The lowest BCUT2D eigenvalue weighted by molar-refractivity contribution is -0.684. The van der Waals surface area contributed by atoms with Gasteiger partial charge in [-0.1, -0.05) is 6.07 Å². The molecule has 1 aromatic carbocycles. The first-order valence-electron chi connectivity index (χ1n) is 6.68. The Balaban J connectivity index is 2.01. The van der Waals surface area contributed by atoms with E-state index in [9.17, 15) is 9.18 Å². The Hall–Kier alpha value is -2.43. The smallest absolute Gasteiger partial charge is 0.290 e. The topological polar surface area (TPSA) is 36.2 Å². The lowest BCUT2D eigenvalue weighted by Gasteiger charge is -2.10. The fourth-order valence-electron chi connectivity index (χ4n) is 1.93. The normalized spacial score (nSPS) is 10.3. The maximum atomic E-state index is 13.7. The highest BCUT2D eigenvalue weighted by Gasteiger charge is 2.12. The van der Waals surface area contributed by atoms with E-state index in [-0.39, 0.29) is 18.1 Å². The van der Waals surface area contributed by atoms with E-state index in [0.717, 1.165) is 11.3 Å². The van der Waals surface area contributed by atoms with Crippen LogP contribution >= 0.6 is 0 Å². The van der Waals surface area contributed by atoms with Crippen LogP contribution < -0.4 is 14.8 Å². The van der Waals surface area contributed by atoms with Crippen LogP contribution in [-0.4, -0.2) is 20.0 Å². The second-order valence-corrected chi connectivity index (χ2v) is 5.15. The number of benzene rings is 1. The number of nitrogens with zero attached hydrogens (tertiary/aromatic N) is 2. The third-order valence-corrected chi connectivity index (χ3v) is 3.11. The minimum absolute atomic E-state index is 0.140. The van der Waals surface area contributed by atoms with Crippen molar-refractivity contribution in [3.63, 3.8) is 0 Å². The van der Waals surface area contributed by atoms with Crippen LogP contribution in [0.1, 0.15) is 5.56 Å². The summed E-state index contributed by atoms with van der Waals surface area (Å²) >= 11 is 0. The Bertz CT molecular complexity index is 638. The molecule has 0 saturated carbocycles. The molecule has 1 heterocycles. The van der Waals surface area contributed by atoms with Crippen LogP contribution in [0.2, 0.25) is 0 Å². The van der Waals surface area contributed by atoms with Gasteiger partial charge in [-0.25, -0.2) is 4.39 Å². The van der Waals surface area contributed by atoms with E-state index in [4.69, 9.17) is 0 Å². The lowest BCUT2D eigenvalue weighted by atomic mass is 10.2. The average molecular weight is 288 g/mol. The van der Waals surface area contributed by atoms with Gasteiger partial charge < -0.3 is 10.2 Å². The number of aromatic nitrogens is 1. The molecule has 0 radical (unpaired) electrons. The van der Waals surface area contributed by atoms with Crippen molar-refractivity contribution in [3.8, 4) is 0 Å². The first-order chi connectivity index (χ1) is 9.95. The van der Waals surface area contributed by atoms with Crippen LogP contribution in [0.15, 0.2) is 42.7 Å². The minimum Gasteiger partial charge on any atom is -0.377 e. The van der Waals surface area contributed by atoms with Gasteiger partial charge in [0.1, 0.15) is 5.82 Å². The van der Waals surface area contributed by atoms with Gasteiger partial charge in [-0.2, -0.15) is 4.57 Å². The van der Waals surface area contributed by atoms with E-state index in [1.807, 2.05) is 43.5 Å². The number of rotatable bonds is 4. The average Bonchev–Trinajstić information content (AvgIpc) is 2.42. The molecule has 5 heteroatoms. The summed E-state index contributed by atoms with van der Waals surface area (Å²) in [6, 6.07) is 8.56. The molecule has 0 aliphatic heterocycles. The highest BCUT2D eigenvalue weighted by atomic mass is 19.1. The number of hydrogen-bond donors (Lipinski definition) is 1. The fourth-order valence-corrected chi connectivity index (χ4v) is 1.93. The molecule has 110 valence electrons. The van der Waals surface area contributed by atoms with Gasteiger partial charge in [-0.15, -0.1) is 0 Å². The molecule has 0 unspecified atom stereocenters. The predicted molar refractivity (Wildman–Crippen MR) is 80.7 cm³/mol. The second kappa shape index (κ2) is 6.35. The maximum absolute atomic E-state index is 13.7. The zero-order chi connectivity index (χ0) is 15.4. The van der Waals surface area contributed by atoms with Gasteiger partial charge >= 0.3 is 0 Å². The van der Waals surface area contributed by atoms with E-state index >= 15 is 0 Å². The van der Waals surface area contributed by atoms with Gasteiger partial charge in [0.25, 0.3) is 5.91 Å². The number of amides is 1. The van der Waals surface area contributed by atoms with Crippen LogP contribution in [-0.2, 0) is 11.3 Å². The van der Waals surface area contributed by atoms with Gasteiger partial charge in [0.2, 0.25) is 6.54 Å². The molecule has 0 spiro atoms. The molecule has 0 fully saturated rings. The van der Waals surface area contributed by atoms with Crippen molar-refractivity contribution in [2.45, 2.75) is 13.5 Å². The third kappa shape index (κ3) is 4.02. The van der Waals surface area contributed by atoms with E-state index in [1.54, 1.807) is 23.6 Å². The van der Waals surface area contributed by atoms with Crippen molar-refractivity contribution < 1.29 is 13.8 Å². The van der Waals surface area contributed by atoms with Crippen molar-refractivity contribution >= 4 is 17.3 Å². The highest BCUT2D eigenvalue weighted by molar-refractivity contribution is 5.89. The number of anilines is 2. The number of carbonyl (C=O) groups is 1. The van der Waals surface area contributed by atoms with Gasteiger partial charge in [-0.05, 0) is 24.6 Å². The van der Waals surface area contributed by atoms with Crippen LogP contribution in [0.3, 0.4) is 0 Å². The molecule has 0 bridgehead atoms. The number of aryl methyl sites for hydroxylation is 1. The van der Waals surface area contributed by atoms with E-state index in [1.165, 1.54) is 6.07 Å². The van der Waals surface area contributed by atoms with E-state index < -0.39 is 5.82 Å². The minimum atomic E-state index is -0.420. The molecule has 2 aromatic rings. The van der Waals surface area contributed by atoms with Crippen molar-refractivity contribution in [2.24, 2.45) is 0 Å². The number of halogens is 1. The van der Waals surface area contributed by atoms with Crippen LogP contribution in [0, 0.1) is 12.7 Å². The van der Waals surface area contributed by atoms with Gasteiger partial charge in [0.05, 0.1) is 5.69 Å². The number of pyridine rings is 1. The molecular formula is C16H19FN3O+. The van der Waals surface area contributed by atoms with Gasteiger partial charge in [0, 0.05) is 31.9 Å². The van der Waals surface area contributed by atoms with Crippen molar-refractivity contribution in [3.05, 3.63) is 54.1 Å². The largest absolute Gasteiger partial charge is 0.377 e. The van der Waals surface area contributed by atoms with Crippen LogP contribution in [0.5, 0.6) is 0 Å². The molecule has 0 aliphatic rings. The molecule has 2 rings (SSSR count). The summed E-state index contributed by atoms with van der Waals surface area (Å²) in [5, 5.41) is 2.58. The molecule has 0 aliphatic carbocycles. The summed E-state index contributed by atoms with van der Waals surface area (Å²) in [7, 11) is 3.90. The summed E-state index contributed by atoms with van der Waals surface area (Å²) in [5.41, 5.74) is 2.08. The van der Waals surface area contributed by atoms with Crippen LogP contribution in [0.4, 0.5) is 15.8 Å². The predicted octanol–water partition coefficient (Wildman–Crippen LogP) is 2.13. The first kappa shape index (κ1) is 15.0. The molecule has 4 nitrogen and oxygen atoms in total. The Labute approximate surface area is 123 Å². The fraction of sp³-hybridized carbons (Fsp3) is 0.250. The summed E-state index contributed by atoms with van der Waals surface area (Å²) in [5.74, 6) is -0.684. The second-order valence-electron chi connectivity index (χ2n) is 5.15. The van der Waals surface area contributed by atoms with Crippen LogP contribution in [0.25, 0.3) is 0 Å². The highest BCUT2D eigenvalue weighted by Crippen LogP contribution is 2.15. The number of hydrogen-bond acceptors (Lipinski definition) is 2. The number of carbonyl (C=O) groups excluding carboxylic acids is 1. The molecule has 0 atom stereocenters. The third-order valence-electron chi connectivity index (χ3n) is 3.11. The molecule has 1 aromatic heterocycles. The first-order valence-corrected chi connectivity index (χ1v) is 6.68.